The molecule has 6 nitrogen and oxygen atoms in total. The molecule has 2 N–H and O–H groups in total. The van der Waals surface area contributed by atoms with E-state index >= 15 is 0 Å². The van der Waals surface area contributed by atoms with Crippen LogP contribution in [0.4, 0.5) is 0 Å². The molecule has 452 valence electrons. The van der Waals surface area contributed by atoms with Crippen molar-refractivity contribution in [2.75, 3.05) is 0 Å². The van der Waals surface area contributed by atoms with Crippen LogP contribution in [0.1, 0.15) is 135 Å². The quantitative estimate of drug-likeness (QED) is 0.0475. The minimum absolute atomic E-state index is 0. The molecule has 0 amide bonds. The zero-order valence-electron chi connectivity index (χ0n) is 52.0. The number of rotatable bonds is 19. The molecule has 10 heteroatoms. The van der Waals surface area contributed by atoms with Crippen LogP contribution in [0.3, 0.4) is 0 Å². The molecule has 4 heterocycles. The average molecular weight is 1530 g/mol. The second-order valence-electron chi connectivity index (χ2n) is 21.6. The summed E-state index contributed by atoms with van der Waals surface area (Å²) in [6, 6.07) is 51.8. The first kappa shape index (κ1) is 71.5. The first-order valence-corrected chi connectivity index (χ1v) is 31.5. The molecule has 0 saturated carbocycles. The van der Waals surface area contributed by atoms with Gasteiger partial charge in [0, 0.05) is 104 Å². The number of fused-ring (bicyclic) bond motifs is 2. The number of pyridine rings is 2. The number of aromatic nitrogens is 2. The Balaban J connectivity index is 0.000000252. The molecule has 9 aromatic rings. The molecule has 0 atom stereocenters. The number of ketones is 2. The maximum Gasteiger partial charge on any atom is 0.162 e. The molecule has 85 heavy (non-hydrogen) atoms. The van der Waals surface area contributed by atoms with Gasteiger partial charge in [-0.15, -0.1) is 92.5 Å². The van der Waals surface area contributed by atoms with Crippen molar-refractivity contribution in [3.63, 3.8) is 0 Å². The molecule has 0 bridgehead atoms. The fourth-order valence-electron chi connectivity index (χ4n) is 10.6. The third-order valence-electron chi connectivity index (χ3n) is 15.5. The van der Waals surface area contributed by atoms with Crippen molar-refractivity contribution in [2.45, 2.75) is 141 Å². The fraction of sp³-hybridized carbons (Fsp3) is 0.333. The first-order valence-electron chi connectivity index (χ1n) is 29.9. The Morgan fingerprint density at radius 1 is 0.459 bits per heavy atom. The summed E-state index contributed by atoms with van der Waals surface area (Å²) in [5, 5.41) is 22.1. The molecule has 2 radical (unpaired) electrons. The molecule has 0 fully saturated rings. The van der Waals surface area contributed by atoms with Crippen molar-refractivity contribution >= 4 is 54.4 Å². The molecule has 0 aliphatic heterocycles. The van der Waals surface area contributed by atoms with Gasteiger partial charge in [-0.2, -0.15) is 0 Å². The molecule has 0 aliphatic rings. The summed E-state index contributed by atoms with van der Waals surface area (Å²) in [6.45, 7) is 26.8. The van der Waals surface area contributed by atoms with Gasteiger partial charge in [-0.05, 0) is 103 Å². The summed E-state index contributed by atoms with van der Waals surface area (Å²) in [5.74, 6) is 1.09. The second-order valence-corrected chi connectivity index (χ2v) is 23.7. The van der Waals surface area contributed by atoms with Crippen molar-refractivity contribution in [1.29, 1.82) is 0 Å². The number of aryl methyl sites for hydroxylation is 5. The van der Waals surface area contributed by atoms with Gasteiger partial charge >= 0.3 is 0 Å². The van der Waals surface area contributed by atoms with Crippen LogP contribution in [-0.4, -0.2) is 31.7 Å². The van der Waals surface area contributed by atoms with Gasteiger partial charge < -0.3 is 20.2 Å². The Morgan fingerprint density at radius 2 is 0.800 bits per heavy atom. The van der Waals surface area contributed by atoms with Gasteiger partial charge in [-0.1, -0.05) is 186 Å². The summed E-state index contributed by atoms with van der Waals surface area (Å²) < 4.78 is 2.44. The normalized spacial score (nSPS) is 11.4. The van der Waals surface area contributed by atoms with E-state index in [0.29, 0.717) is 0 Å². The van der Waals surface area contributed by atoms with E-state index in [1.807, 2.05) is 90.5 Å². The monoisotopic (exact) mass is 1530 g/mol. The Labute approximate surface area is 543 Å². The van der Waals surface area contributed by atoms with Crippen molar-refractivity contribution < 1.29 is 60.0 Å². The topological polar surface area (TPSA) is 100 Å². The number of carbonyl (C=O) groups is 2. The third-order valence-corrected chi connectivity index (χ3v) is 18.0. The van der Waals surface area contributed by atoms with Gasteiger partial charge in [0.25, 0.3) is 0 Å². The maximum absolute atomic E-state index is 11.7. The van der Waals surface area contributed by atoms with E-state index in [1.54, 1.807) is 0 Å². The zero-order valence-corrected chi connectivity index (χ0v) is 58.4. The van der Waals surface area contributed by atoms with Gasteiger partial charge in [0.05, 0.1) is 20.9 Å². The van der Waals surface area contributed by atoms with Gasteiger partial charge in [0.2, 0.25) is 0 Å². The summed E-state index contributed by atoms with van der Waals surface area (Å²) in [7, 11) is 0. The van der Waals surface area contributed by atoms with Gasteiger partial charge in [-0.25, -0.2) is 0 Å². The average Bonchev–Trinajstić information content (AvgIpc) is 2.05. The van der Waals surface area contributed by atoms with Crippen LogP contribution < -0.4 is 0 Å². The predicted octanol–water partition coefficient (Wildman–Crippen LogP) is 21.8. The predicted molar refractivity (Wildman–Crippen MR) is 356 cm³/mol. The number of nitrogens with zero attached hydrogens (tertiary/aromatic N) is 2. The number of aliphatic hydroxyl groups is 2. The minimum atomic E-state index is 0. The van der Waals surface area contributed by atoms with Crippen LogP contribution >= 0.6 is 22.7 Å². The molecular formula is C75H86Ir2N2O4S2-2. The van der Waals surface area contributed by atoms with Crippen LogP contribution in [0.25, 0.3) is 74.7 Å². The van der Waals surface area contributed by atoms with Crippen LogP contribution in [0, 0.1) is 70.4 Å². The van der Waals surface area contributed by atoms with Crippen molar-refractivity contribution in [3.05, 3.63) is 203 Å². The van der Waals surface area contributed by atoms with E-state index in [-0.39, 0.29) is 87.0 Å². The summed E-state index contributed by atoms with van der Waals surface area (Å²) >= 11 is 3.62. The van der Waals surface area contributed by atoms with E-state index in [0.717, 1.165) is 85.0 Å². The van der Waals surface area contributed by atoms with E-state index in [2.05, 4.69) is 179 Å². The van der Waals surface area contributed by atoms with Crippen molar-refractivity contribution in [2.24, 2.45) is 23.7 Å². The summed E-state index contributed by atoms with van der Waals surface area (Å²) in [5.41, 5.74) is 15.2. The SMILES string of the molecule is CCC(CC)C(=O)C=C(O)C(CC)CC.CCC(CC)C(=O)C=C(O)C(CC)CC.Cc1[c-]c(-c2cc3c(-c4ccccc4)c(-c4ccccc4)sc3cn2)cc(C)c1.Cc1[c-]c(-c2cc3c(C)c(-c4ccccc4)sc3cn2)cc(C)c1.[Ir].[Ir]. The van der Waals surface area contributed by atoms with Crippen molar-refractivity contribution in [1.82, 2.24) is 9.97 Å². The fourth-order valence-corrected chi connectivity index (χ4v) is 12.9. The van der Waals surface area contributed by atoms with Gasteiger partial charge in [-0.3, -0.25) is 9.59 Å². The van der Waals surface area contributed by atoms with Crippen molar-refractivity contribution in [3.8, 4) is 54.5 Å². The number of hydrogen-bond donors (Lipinski definition) is 2. The van der Waals surface area contributed by atoms with E-state index in [4.69, 9.17) is 4.98 Å². The number of benzene rings is 5. The van der Waals surface area contributed by atoms with Crippen LogP contribution in [0.5, 0.6) is 0 Å². The first-order chi connectivity index (χ1) is 40.0. The molecule has 9 rings (SSSR count). The smallest absolute Gasteiger partial charge is 0.162 e. The van der Waals surface area contributed by atoms with Gasteiger partial charge in [0.1, 0.15) is 0 Å². The Morgan fingerprint density at radius 3 is 1.18 bits per heavy atom. The summed E-state index contributed by atoms with van der Waals surface area (Å²) in [6.07, 6.45) is 13.8. The van der Waals surface area contributed by atoms with E-state index in [9.17, 15) is 19.8 Å². The third kappa shape index (κ3) is 19.5. The minimum Gasteiger partial charge on any atom is -0.512 e. The Bertz CT molecular complexity index is 3500. The number of hydrogen-bond acceptors (Lipinski definition) is 8. The number of aliphatic hydroxyl groups excluding tert-OH is 2. The largest absolute Gasteiger partial charge is 0.512 e. The molecule has 0 aliphatic carbocycles. The maximum atomic E-state index is 11.7. The molecule has 4 aromatic heterocycles. The van der Waals surface area contributed by atoms with Gasteiger partial charge in [0.15, 0.2) is 11.6 Å². The Kier molecular flexibility index (Phi) is 30.0. The number of thiophene rings is 2. The number of carbonyl (C=O) groups excluding carboxylic acids is 2. The summed E-state index contributed by atoms with van der Waals surface area (Å²) in [4.78, 5) is 35.5. The second kappa shape index (κ2) is 35.6. The molecule has 0 spiro atoms. The standard InChI is InChI=1S/C27H20NS.C22H18NS.2C13H24O2.2Ir/c1-18-13-19(2)15-22(14-18)24-16-23-25(17-28-24)29-27(21-11-7-4-8-12-21)26(23)20-9-5-3-6-10-20;1-14-9-15(2)11-18(10-14)20-12-19-16(3)22(24-21(19)13-23-20)17-7-5-4-6-8-17;2*1-5-10(6-2)12(14)9-13(15)11(7-3)8-4;;/h3-14,16-17H,1-2H3;4-10,12-13H,1-3H3;2*9-11,14H,5-8H2,1-4H3;;/q2*-1;;;;. The van der Waals surface area contributed by atoms with Crippen LogP contribution in [0.2, 0.25) is 0 Å². The molecule has 5 aromatic carbocycles. The van der Waals surface area contributed by atoms with E-state index < -0.39 is 0 Å². The molecular weight excluding hydrogens is 1440 g/mol. The van der Waals surface area contributed by atoms with Crippen LogP contribution in [-0.2, 0) is 49.8 Å². The van der Waals surface area contributed by atoms with Crippen LogP contribution in [0.15, 0.2) is 163 Å². The molecule has 0 saturated heterocycles. The molecule has 0 unspecified atom stereocenters. The number of allylic oxidation sites excluding steroid dienone is 4. The van der Waals surface area contributed by atoms with E-state index in [1.165, 1.54) is 81.0 Å². The zero-order chi connectivity index (χ0) is 60.2. The Hall–Kier alpha value is -5.96.